The van der Waals surface area contributed by atoms with Gasteiger partial charge < -0.3 is 18.6 Å². The lowest BCUT2D eigenvalue weighted by Crippen LogP contribution is -2.37. The van der Waals surface area contributed by atoms with Gasteiger partial charge in [-0.1, -0.05) is 29.5 Å². The van der Waals surface area contributed by atoms with Crippen molar-refractivity contribution >= 4 is 43.6 Å². The third kappa shape index (κ3) is 3.80. The second-order valence-corrected chi connectivity index (χ2v) is 8.58. The van der Waals surface area contributed by atoms with Crippen LogP contribution in [0.5, 0.6) is 11.5 Å². The number of thiazole rings is 1. The van der Waals surface area contributed by atoms with Crippen molar-refractivity contribution in [2.75, 3.05) is 31.8 Å². The fourth-order valence-corrected chi connectivity index (χ4v) is 4.97. The Bertz CT molecular complexity index is 1260. The Morgan fingerprint density at radius 2 is 2.09 bits per heavy atom. The molecule has 0 saturated carbocycles. The molecular formula is C24H24N2O5S. The number of hydrogen-bond acceptors (Lipinski definition) is 7. The molecule has 0 spiro atoms. The maximum absolute atomic E-state index is 13.7. The molecule has 1 unspecified atom stereocenters. The molecule has 1 aliphatic rings. The van der Waals surface area contributed by atoms with Gasteiger partial charge in [0.15, 0.2) is 22.2 Å². The summed E-state index contributed by atoms with van der Waals surface area (Å²) in [5.74, 6) is 1.30. The van der Waals surface area contributed by atoms with Crippen molar-refractivity contribution in [2.24, 2.45) is 0 Å². The molecule has 1 fully saturated rings. The van der Waals surface area contributed by atoms with Gasteiger partial charge in [0.25, 0.3) is 5.91 Å². The molecule has 3 heterocycles. The van der Waals surface area contributed by atoms with E-state index in [1.54, 1.807) is 18.1 Å². The summed E-state index contributed by atoms with van der Waals surface area (Å²) in [6, 6.07) is 13.2. The summed E-state index contributed by atoms with van der Waals surface area (Å²) in [5, 5.41) is 1.41. The number of para-hydroxylation sites is 2. The highest BCUT2D eigenvalue weighted by molar-refractivity contribution is 7.22. The Balaban J connectivity index is 1.55. The molecule has 8 heteroatoms. The van der Waals surface area contributed by atoms with Gasteiger partial charge in [-0.15, -0.1) is 0 Å². The molecular weight excluding hydrogens is 428 g/mol. The number of fused-ring (bicyclic) bond motifs is 2. The van der Waals surface area contributed by atoms with E-state index in [4.69, 9.17) is 23.6 Å². The van der Waals surface area contributed by atoms with Crippen LogP contribution < -0.4 is 14.4 Å². The van der Waals surface area contributed by atoms with E-state index in [2.05, 4.69) is 0 Å². The topological polar surface area (TPSA) is 74.0 Å². The van der Waals surface area contributed by atoms with Gasteiger partial charge in [-0.2, -0.15) is 0 Å². The summed E-state index contributed by atoms with van der Waals surface area (Å²) in [6.45, 7) is 3.55. The predicted octanol–water partition coefficient (Wildman–Crippen LogP) is 5.28. The van der Waals surface area contributed by atoms with Gasteiger partial charge in [0, 0.05) is 12.0 Å². The molecule has 1 atom stereocenters. The SMILES string of the molecule is CCOc1cccc2cc(C(=O)N(CC3CCCO3)c3nc4c(OC)cccc4s3)oc12. The lowest BCUT2D eigenvalue weighted by Gasteiger charge is -2.22. The van der Waals surface area contributed by atoms with Crippen molar-refractivity contribution < 1.29 is 23.4 Å². The first-order valence-electron chi connectivity index (χ1n) is 10.7. The van der Waals surface area contributed by atoms with E-state index < -0.39 is 0 Å². The van der Waals surface area contributed by atoms with Crippen molar-refractivity contribution in [3.63, 3.8) is 0 Å². The highest BCUT2D eigenvalue weighted by Crippen LogP contribution is 2.36. The van der Waals surface area contributed by atoms with E-state index in [0.29, 0.717) is 42.0 Å². The molecule has 1 saturated heterocycles. The van der Waals surface area contributed by atoms with E-state index in [1.165, 1.54) is 11.3 Å². The molecule has 2 aromatic heterocycles. The van der Waals surface area contributed by atoms with Crippen molar-refractivity contribution in [3.05, 3.63) is 48.2 Å². The molecule has 4 aromatic rings. The van der Waals surface area contributed by atoms with Crippen molar-refractivity contribution in [1.29, 1.82) is 0 Å². The lowest BCUT2D eigenvalue weighted by atomic mass is 10.2. The van der Waals surface area contributed by atoms with Crippen LogP contribution >= 0.6 is 11.3 Å². The van der Waals surface area contributed by atoms with Crippen LogP contribution in [0.3, 0.4) is 0 Å². The van der Waals surface area contributed by atoms with E-state index in [0.717, 1.165) is 28.4 Å². The number of methoxy groups -OCH3 is 1. The number of amides is 1. The zero-order valence-corrected chi connectivity index (χ0v) is 18.8. The van der Waals surface area contributed by atoms with E-state index in [1.807, 2.05) is 43.3 Å². The van der Waals surface area contributed by atoms with Crippen LogP contribution in [0.2, 0.25) is 0 Å². The van der Waals surface area contributed by atoms with Gasteiger partial charge in [0.05, 0.1) is 31.1 Å². The number of rotatable bonds is 7. The largest absolute Gasteiger partial charge is 0.494 e. The van der Waals surface area contributed by atoms with Crippen LogP contribution in [-0.4, -0.2) is 43.9 Å². The molecule has 0 radical (unpaired) electrons. The van der Waals surface area contributed by atoms with Crippen molar-refractivity contribution in [3.8, 4) is 11.5 Å². The monoisotopic (exact) mass is 452 g/mol. The normalized spacial score (nSPS) is 16.0. The first-order chi connectivity index (χ1) is 15.7. The van der Waals surface area contributed by atoms with Crippen molar-refractivity contribution in [2.45, 2.75) is 25.9 Å². The fourth-order valence-electron chi connectivity index (χ4n) is 3.98. The van der Waals surface area contributed by atoms with Gasteiger partial charge in [0.2, 0.25) is 0 Å². The standard InChI is InChI=1S/C24H24N2O5S/c1-3-29-18-10-4-7-15-13-19(31-22(15)18)23(27)26(14-16-8-6-12-30-16)24-25-21-17(28-2)9-5-11-20(21)32-24/h4-5,7,9-11,13,16H,3,6,8,12,14H2,1-2H3. The lowest BCUT2D eigenvalue weighted by molar-refractivity contribution is 0.0896. The van der Waals surface area contributed by atoms with E-state index >= 15 is 0 Å². The Hall–Kier alpha value is -3.10. The molecule has 0 bridgehead atoms. The quantitative estimate of drug-likeness (QED) is 0.380. The smallest absolute Gasteiger partial charge is 0.295 e. The maximum Gasteiger partial charge on any atom is 0.295 e. The Morgan fingerprint density at radius 3 is 2.88 bits per heavy atom. The first-order valence-corrected chi connectivity index (χ1v) is 11.5. The van der Waals surface area contributed by atoms with E-state index in [9.17, 15) is 4.79 Å². The number of ether oxygens (including phenoxy) is 3. The minimum absolute atomic E-state index is 0.0313. The van der Waals surface area contributed by atoms with Crippen LogP contribution in [0.1, 0.15) is 30.3 Å². The summed E-state index contributed by atoms with van der Waals surface area (Å²) in [5.41, 5.74) is 1.31. The number of furan rings is 1. The molecule has 5 rings (SSSR count). The third-order valence-electron chi connectivity index (χ3n) is 5.50. The van der Waals surface area contributed by atoms with Crippen LogP contribution in [0.15, 0.2) is 46.9 Å². The molecule has 1 amide bonds. The average molecular weight is 453 g/mol. The minimum atomic E-state index is -0.253. The van der Waals surface area contributed by atoms with E-state index in [-0.39, 0.29) is 17.8 Å². The van der Waals surface area contributed by atoms with Crippen LogP contribution in [0.25, 0.3) is 21.2 Å². The van der Waals surface area contributed by atoms with Gasteiger partial charge in [-0.25, -0.2) is 4.98 Å². The summed E-state index contributed by atoms with van der Waals surface area (Å²) >= 11 is 1.45. The second kappa shape index (κ2) is 8.80. The van der Waals surface area contributed by atoms with Crippen molar-refractivity contribution in [1.82, 2.24) is 4.98 Å². The van der Waals surface area contributed by atoms with Gasteiger partial charge in [-0.3, -0.25) is 9.69 Å². The molecule has 0 N–H and O–H groups in total. The molecule has 1 aliphatic heterocycles. The Labute approximate surface area is 189 Å². The number of carbonyl (C=O) groups excluding carboxylic acids is 1. The number of nitrogens with zero attached hydrogens (tertiary/aromatic N) is 2. The zero-order valence-electron chi connectivity index (χ0n) is 18.0. The number of anilines is 1. The van der Waals surface area contributed by atoms with Gasteiger partial charge in [0.1, 0.15) is 11.3 Å². The summed E-state index contributed by atoms with van der Waals surface area (Å²) < 4.78 is 23.9. The fraction of sp³-hybridized carbons (Fsp3) is 0.333. The first kappa shape index (κ1) is 20.8. The average Bonchev–Trinajstić information content (AvgIpc) is 3.56. The summed E-state index contributed by atoms with van der Waals surface area (Å²) in [6.07, 6.45) is 1.87. The summed E-state index contributed by atoms with van der Waals surface area (Å²) in [7, 11) is 1.62. The molecule has 32 heavy (non-hydrogen) atoms. The predicted molar refractivity (Wildman–Crippen MR) is 124 cm³/mol. The van der Waals surface area contributed by atoms with Gasteiger partial charge >= 0.3 is 0 Å². The number of carbonyl (C=O) groups is 1. The Kier molecular flexibility index (Phi) is 5.71. The molecule has 2 aromatic carbocycles. The molecule has 166 valence electrons. The highest BCUT2D eigenvalue weighted by atomic mass is 32.1. The number of aromatic nitrogens is 1. The van der Waals surface area contributed by atoms with Gasteiger partial charge in [-0.05, 0) is 44.0 Å². The number of hydrogen-bond donors (Lipinski definition) is 0. The number of benzene rings is 2. The summed E-state index contributed by atoms with van der Waals surface area (Å²) in [4.78, 5) is 20.1. The maximum atomic E-state index is 13.7. The highest BCUT2D eigenvalue weighted by Gasteiger charge is 2.29. The van der Waals surface area contributed by atoms with Crippen LogP contribution in [-0.2, 0) is 4.74 Å². The van der Waals surface area contributed by atoms with Crippen LogP contribution in [0, 0.1) is 0 Å². The minimum Gasteiger partial charge on any atom is -0.494 e. The molecule has 0 aliphatic carbocycles. The zero-order chi connectivity index (χ0) is 22.1. The van der Waals surface area contributed by atoms with Crippen LogP contribution in [0.4, 0.5) is 5.13 Å². The second-order valence-electron chi connectivity index (χ2n) is 7.57. The Morgan fingerprint density at radius 1 is 1.25 bits per heavy atom. The molecule has 7 nitrogen and oxygen atoms in total. The third-order valence-corrected chi connectivity index (χ3v) is 6.54.